The number of nitrogens with zero attached hydrogens (tertiary/aromatic N) is 1. The molecule has 2 aromatic heterocycles. The normalized spacial score (nSPS) is 19.1. The van der Waals surface area contributed by atoms with Gasteiger partial charge in [0.05, 0.1) is 0 Å². The second-order valence-electron chi connectivity index (χ2n) is 3.74. The number of fused-ring (bicyclic) bond motifs is 1. The quantitative estimate of drug-likeness (QED) is 0.805. The molecule has 3 heterocycles. The van der Waals surface area contributed by atoms with E-state index in [1.807, 2.05) is 17.5 Å². The molecule has 0 radical (unpaired) electrons. The first-order chi connectivity index (χ1) is 6.93. The van der Waals surface area contributed by atoms with Crippen LogP contribution in [0, 0.1) is 0 Å². The van der Waals surface area contributed by atoms with E-state index in [0.29, 0.717) is 0 Å². The lowest BCUT2D eigenvalue weighted by atomic mass is 9.96. The van der Waals surface area contributed by atoms with Gasteiger partial charge < -0.3 is 5.32 Å². The highest BCUT2D eigenvalue weighted by molar-refractivity contribution is 7.36. The number of hydrogen-bond acceptors (Lipinski definition) is 4. The number of hydrogen-bond donors (Lipinski definition) is 1. The van der Waals surface area contributed by atoms with Crippen molar-refractivity contribution in [2.24, 2.45) is 0 Å². The molecule has 2 nitrogen and oxygen atoms in total. The molecule has 1 aliphatic heterocycles. The minimum Gasteiger partial charge on any atom is -0.317 e. The van der Waals surface area contributed by atoms with Crippen molar-refractivity contribution in [1.82, 2.24) is 9.69 Å². The average Bonchev–Trinajstić information content (AvgIpc) is 2.78. The van der Waals surface area contributed by atoms with Gasteiger partial charge in [-0.25, -0.2) is 0 Å². The highest BCUT2D eigenvalue weighted by Crippen LogP contribution is 2.36. The average molecular weight is 224 g/mol. The standard InChI is InChI=1S/C10H12N2S2/c1-3-11-4-2-7(1)9-5-8-6-12-14-10(8)13-9/h5-7,11H,1-4H2. The summed E-state index contributed by atoms with van der Waals surface area (Å²) in [6.45, 7) is 2.35. The second-order valence-corrected chi connectivity index (χ2v) is 5.89. The number of aromatic nitrogens is 1. The Labute approximate surface area is 91.1 Å². The zero-order valence-electron chi connectivity index (χ0n) is 7.82. The van der Waals surface area contributed by atoms with Crippen molar-refractivity contribution in [1.29, 1.82) is 0 Å². The molecule has 1 saturated heterocycles. The molecule has 0 spiro atoms. The lowest BCUT2D eigenvalue weighted by Crippen LogP contribution is -2.26. The smallest absolute Gasteiger partial charge is 0.107 e. The van der Waals surface area contributed by atoms with Crippen LogP contribution in [0.5, 0.6) is 0 Å². The molecule has 0 aromatic carbocycles. The van der Waals surface area contributed by atoms with E-state index in [1.54, 1.807) is 16.4 Å². The van der Waals surface area contributed by atoms with Crippen LogP contribution in [0.15, 0.2) is 12.3 Å². The molecule has 1 fully saturated rings. The van der Waals surface area contributed by atoms with E-state index in [4.69, 9.17) is 0 Å². The number of rotatable bonds is 1. The van der Waals surface area contributed by atoms with Crippen LogP contribution in [0.4, 0.5) is 0 Å². The van der Waals surface area contributed by atoms with E-state index >= 15 is 0 Å². The number of piperidine rings is 1. The first-order valence-corrected chi connectivity index (χ1v) is 6.57. The Hall–Kier alpha value is -0.450. The van der Waals surface area contributed by atoms with Gasteiger partial charge in [-0.15, -0.1) is 11.3 Å². The largest absolute Gasteiger partial charge is 0.317 e. The van der Waals surface area contributed by atoms with Crippen molar-refractivity contribution < 1.29 is 0 Å². The Morgan fingerprint density at radius 3 is 3.00 bits per heavy atom. The summed E-state index contributed by atoms with van der Waals surface area (Å²) < 4.78 is 5.57. The van der Waals surface area contributed by atoms with E-state index in [2.05, 4.69) is 15.8 Å². The molecule has 14 heavy (non-hydrogen) atoms. The zero-order chi connectivity index (χ0) is 9.38. The van der Waals surface area contributed by atoms with Crippen LogP contribution >= 0.6 is 22.9 Å². The Balaban J connectivity index is 1.92. The van der Waals surface area contributed by atoms with E-state index in [-0.39, 0.29) is 0 Å². The van der Waals surface area contributed by atoms with Gasteiger partial charge in [-0.3, -0.25) is 0 Å². The van der Waals surface area contributed by atoms with Crippen LogP contribution < -0.4 is 5.32 Å². The van der Waals surface area contributed by atoms with Gasteiger partial charge in [-0.05, 0) is 49.4 Å². The summed E-state index contributed by atoms with van der Waals surface area (Å²) in [5.41, 5.74) is 0. The number of nitrogens with one attached hydrogen (secondary N) is 1. The predicted molar refractivity (Wildman–Crippen MR) is 62.3 cm³/mol. The maximum atomic E-state index is 4.19. The minimum absolute atomic E-state index is 0.792. The van der Waals surface area contributed by atoms with Gasteiger partial charge in [0.1, 0.15) is 4.01 Å². The fraction of sp³-hybridized carbons (Fsp3) is 0.500. The van der Waals surface area contributed by atoms with E-state index in [1.165, 1.54) is 35.3 Å². The van der Waals surface area contributed by atoms with Crippen molar-refractivity contribution >= 4 is 32.3 Å². The van der Waals surface area contributed by atoms with Gasteiger partial charge in [0.25, 0.3) is 0 Å². The summed E-state index contributed by atoms with van der Waals surface area (Å²) in [4.78, 5) is 1.56. The van der Waals surface area contributed by atoms with E-state index < -0.39 is 0 Å². The molecular formula is C10H12N2S2. The third-order valence-electron chi connectivity index (χ3n) is 2.81. The van der Waals surface area contributed by atoms with Crippen LogP contribution in [-0.2, 0) is 0 Å². The monoisotopic (exact) mass is 224 g/mol. The maximum absolute atomic E-state index is 4.19. The summed E-state index contributed by atoms with van der Waals surface area (Å²) in [6, 6.07) is 2.33. The Kier molecular flexibility index (Phi) is 2.27. The highest BCUT2D eigenvalue weighted by atomic mass is 32.2. The van der Waals surface area contributed by atoms with Crippen LogP contribution in [0.25, 0.3) is 9.40 Å². The Morgan fingerprint density at radius 2 is 2.21 bits per heavy atom. The van der Waals surface area contributed by atoms with Gasteiger partial charge >= 0.3 is 0 Å². The summed E-state index contributed by atoms with van der Waals surface area (Å²) in [5, 5.41) is 4.75. The van der Waals surface area contributed by atoms with Crippen LogP contribution in [-0.4, -0.2) is 17.5 Å². The fourth-order valence-electron chi connectivity index (χ4n) is 2.01. The minimum atomic E-state index is 0.792. The van der Waals surface area contributed by atoms with Gasteiger partial charge in [-0.1, -0.05) is 0 Å². The maximum Gasteiger partial charge on any atom is 0.107 e. The SMILES string of the molecule is c1nsc2sc(C3CCNCC3)cc12. The van der Waals surface area contributed by atoms with Gasteiger partial charge in [0.15, 0.2) is 0 Å². The molecular weight excluding hydrogens is 212 g/mol. The van der Waals surface area contributed by atoms with Gasteiger partial charge in [0.2, 0.25) is 0 Å². The highest BCUT2D eigenvalue weighted by Gasteiger charge is 2.17. The zero-order valence-corrected chi connectivity index (χ0v) is 9.46. The topological polar surface area (TPSA) is 24.9 Å². The molecule has 1 N–H and O–H groups in total. The molecule has 0 amide bonds. The first-order valence-electron chi connectivity index (χ1n) is 4.98. The lowest BCUT2D eigenvalue weighted by molar-refractivity contribution is 0.465. The van der Waals surface area contributed by atoms with Gasteiger partial charge in [-0.2, -0.15) is 4.37 Å². The molecule has 0 unspecified atom stereocenters. The molecule has 0 atom stereocenters. The van der Waals surface area contributed by atoms with E-state index in [9.17, 15) is 0 Å². The Morgan fingerprint density at radius 1 is 1.36 bits per heavy atom. The third kappa shape index (κ3) is 1.47. The molecule has 0 aliphatic carbocycles. The molecule has 0 bridgehead atoms. The fourth-order valence-corrected chi connectivity index (χ4v) is 4.09. The number of thiophene rings is 1. The molecule has 3 rings (SSSR count). The van der Waals surface area contributed by atoms with Crippen molar-refractivity contribution in [3.63, 3.8) is 0 Å². The van der Waals surface area contributed by atoms with Crippen molar-refractivity contribution in [2.75, 3.05) is 13.1 Å². The van der Waals surface area contributed by atoms with Crippen molar-refractivity contribution in [3.05, 3.63) is 17.1 Å². The molecule has 74 valence electrons. The summed E-state index contributed by atoms with van der Waals surface area (Å²) in [7, 11) is 0. The molecule has 0 saturated carbocycles. The summed E-state index contributed by atoms with van der Waals surface area (Å²) in [6.07, 6.45) is 4.57. The van der Waals surface area contributed by atoms with Crippen molar-refractivity contribution in [3.8, 4) is 0 Å². The summed E-state index contributed by atoms with van der Waals surface area (Å²) in [5.74, 6) is 0.792. The third-order valence-corrected chi connectivity index (χ3v) is 5.01. The lowest BCUT2D eigenvalue weighted by Gasteiger charge is -2.21. The van der Waals surface area contributed by atoms with Gasteiger partial charge in [0, 0.05) is 16.5 Å². The molecule has 4 heteroatoms. The van der Waals surface area contributed by atoms with Crippen LogP contribution in [0.2, 0.25) is 0 Å². The Bertz CT molecular complexity index is 397. The first kappa shape index (κ1) is 8.83. The molecule has 2 aromatic rings. The van der Waals surface area contributed by atoms with E-state index in [0.717, 1.165) is 5.92 Å². The second kappa shape index (κ2) is 3.61. The predicted octanol–water partition coefficient (Wildman–Crippen LogP) is 2.82. The molecule has 1 aliphatic rings. The van der Waals surface area contributed by atoms with Crippen LogP contribution in [0.1, 0.15) is 23.6 Å². The van der Waals surface area contributed by atoms with Crippen molar-refractivity contribution in [2.45, 2.75) is 18.8 Å². The summed E-state index contributed by atoms with van der Waals surface area (Å²) >= 11 is 3.56. The van der Waals surface area contributed by atoms with Crippen LogP contribution in [0.3, 0.4) is 0 Å².